The fourth-order valence-corrected chi connectivity index (χ4v) is 4.12. The van der Waals surface area contributed by atoms with Crippen LogP contribution in [0.2, 0.25) is 0 Å². The first-order valence-electron chi connectivity index (χ1n) is 12.4. The minimum atomic E-state index is -1.60. The van der Waals surface area contributed by atoms with Crippen molar-refractivity contribution < 1.29 is 35.4 Å². The van der Waals surface area contributed by atoms with Crippen LogP contribution >= 0.6 is 0 Å². The van der Waals surface area contributed by atoms with E-state index in [0.717, 1.165) is 19.3 Å². The Morgan fingerprint density at radius 1 is 0.812 bits per heavy atom. The first-order chi connectivity index (χ1) is 15.3. The highest BCUT2D eigenvalue weighted by molar-refractivity contribution is 5.02. The fraction of sp³-hybridized carbons (Fsp3) is 0.917. The molecule has 8 heteroatoms. The van der Waals surface area contributed by atoms with Gasteiger partial charge in [0, 0.05) is 0 Å². The number of unbranched alkanes of at least 4 members (excludes halogenated alkanes) is 11. The molecule has 1 rings (SSSR count). The van der Waals surface area contributed by atoms with Gasteiger partial charge in [0.25, 0.3) is 0 Å². The summed E-state index contributed by atoms with van der Waals surface area (Å²) >= 11 is 0. The second-order valence-corrected chi connectivity index (χ2v) is 9.10. The van der Waals surface area contributed by atoms with Crippen molar-refractivity contribution in [2.24, 2.45) is 5.73 Å². The lowest BCUT2D eigenvalue weighted by molar-refractivity contribution is -0.252. The molecule has 32 heavy (non-hydrogen) atoms. The van der Waals surface area contributed by atoms with Crippen molar-refractivity contribution in [2.75, 3.05) is 6.61 Å². The molecule has 0 bridgehead atoms. The molecule has 0 radical (unpaired) electrons. The number of aliphatic hydroxyl groups excluding tert-OH is 6. The Morgan fingerprint density at radius 2 is 1.34 bits per heavy atom. The maximum absolute atomic E-state index is 10.4. The fourth-order valence-electron chi connectivity index (χ4n) is 4.12. The van der Waals surface area contributed by atoms with Crippen molar-refractivity contribution in [3.63, 3.8) is 0 Å². The summed E-state index contributed by atoms with van der Waals surface area (Å²) in [5.41, 5.74) is 5.92. The Hall–Kier alpha value is -0.580. The summed E-state index contributed by atoms with van der Waals surface area (Å²) < 4.78 is 5.31. The lowest BCUT2D eigenvalue weighted by Crippen LogP contribution is -2.64. The highest BCUT2D eigenvalue weighted by atomic mass is 16.6. The van der Waals surface area contributed by atoms with E-state index in [-0.39, 0.29) is 0 Å². The van der Waals surface area contributed by atoms with Crippen LogP contribution in [-0.2, 0) is 4.74 Å². The Kier molecular flexibility index (Phi) is 15.6. The number of hydrogen-bond acceptors (Lipinski definition) is 8. The van der Waals surface area contributed by atoms with Crippen LogP contribution in [0.25, 0.3) is 0 Å². The molecule has 0 aromatic rings. The summed E-state index contributed by atoms with van der Waals surface area (Å²) in [4.78, 5) is 0. The number of nitrogens with two attached hydrogens (primary N) is 1. The van der Waals surface area contributed by atoms with Gasteiger partial charge in [0.15, 0.2) is 0 Å². The van der Waals surface area contributed by atoms with Crippen molar-refractivity contribution in [3.05, 3.63) is 12.2 Å². The minimum absolute atomic E-state index is 0.592. The summed E-state index contributed by atoms with van der Waals surface area (Å²) in [6.45, 7) is 1.64. The molecule has 0 amide bonds. The summed E-state index contributed by atoms with van der Waals surface area (Å²) in [7, 11) is 0. The van der Waals surface area contributed by atoms with Gasteiger partial charge < -0.3 is 41.1 Å². The number of hydrogen-bond donors (Lipinski definition) is 7. The molecular weight excluding hydrogens is 414 g/mol. The molecule has 8 atom stereocenters. The van der Waals surface area contributed by atoms with Gasteiger partial charge in [-0.2, -0.15) is 0 Å². The average molecular weight is 462 g/mol. The third-order valence-electron chi connectivity index (χ3n) is 6.36. The molecular formula is C24H47NO7. The molecule has 8 N–H and O–H groups in total. The molecule has 1 heterocycles. The standard InChI is InChI=1S/C24H47NO7/c1-2-3-4-5-6-7-8-9-10-11-12-13-14-15-17(27)19(25)21(29)24-23(31)22(30)20(28)18(16-26)32-24/h14-15,17-24,26-31H,2-13,16,25H2,1H3/t17?,18-,19?,20+,21?,22+,23-,24+/m1/s1. The summed E-state index contributed by atoms with van der Waals surface area (Å²) in [5, 5.41) is 59.7. The van der Waals surface area contributed by atoms with E-state index in [0.29, 0.717) is 0 Å². The van der Waals surface area contributed by atoms with Crippen LogP contribution < -0.4 is 5.73 Å². The maximum Gasteiger partial charge on any atom is 0.114 e. The zero-order chi connectivity index (χ0) is 23.9. The van der Waals surface area contributed by atoms with Crippen LogP contribution in [-0.4, -0.2) is 86.0 Å². The second kappa shape index (κ2) is 16.9. The molecule has 8 nitrogen and oxygen atoms in total. The molecule has 0 aromatic carbocycles. The summed E-state index contributed by atoms with van der Waals surface area (Å²) in [6, 6.07) is -1.16. The van der Waals surface area contributed by atoms with Gasteiger partial charge in [0.2, 0.25) is 0 Å². The first kappa shape index (κ1) is 29.5. The Labute approximate surface area is 193 Å². The smallest absolute Gasteiger partial charge is 0.114 e. The van der Waals surface area contributed by atoms with Gasteiger partial charge in [-0.3, -0.25) is 0 Å². The van der Waals surface area contributed by atoms with Crippen LogP contribution in [0.5, 0.6) is 0 Å². The van der Waals surface area contributed by atoms with Gasteiger partial charge in [-0.25, -0.2) is 0 Å². The average Bonchev–Trinajstić information content (AvgIpc) is 2.79. The Balaban J connectivity index is 2.22. The van der Waals surface area contributed by atoms with Crippen LogP contribution in [0.15, 0.2) is 12.2 Å². The topological polar surface area (TPSA) is 157 Å². The van der Waals surface area contributed by atoms with E-state index in [9.17, 15) is 30.6 Å². The van der Waals surface area contributed by atoms with Crippen LogP contribution in [0.4, 0.5) is 0 Å². The van der Waals surface area contributed by atoms with Gasteiger partial charge in [-0.1, -0.05) is 83.3 Å². The summed E-state index contributed by atoms with van der Waals surface area (Å²) in [6.07, 6.45) is 8.26. The zero-order valence-corrected chi connectivity index (χ0v) is 19.6. The largest absolute Gasteiger partial charge is 0.394 e. The number of allylic oxidation sites excluding steroid dienone is 1. The molecule has 190 valence electrons. The molecule has 0 spiro atoms. The predicted molar refractivity (Wildman–Crippen MR) is 124 cm³/mol. The van der Waals surface area contributed by atoms with Gasteiger partial charge in [0.05, 0.1) is 18.8 Å². The van der Waals surface area contributed by atoms with Crippen molar-refractivity contribution in [2.45, 2.75) is 133 Å². The molecule has 0 aromatic heterocycles. The van der Waals surface area contributed by atoms with Crippen LogP contribution in [0.1, 0.15) is 84.0 Å². The van der Waals surface area contributed by atoms with Crippen molar-refractivity contribution >= 4 is 0 Å². The Morgan fingerprint density at radius 3 is 1.88 bits per heavy atom. The van der Waals surface area contributed by atoms with Gasteiger partial charge in [0.1, 0.15) is 36.6 Å². The van der Waals surface area contributed by atoms with E-state index in [1.54, 1.807) is 0 Å². The third kappa shape index (κ3) is 10.1. The van der Waals surface area contributed by atoms with Gasteiger partial charge in [-0.05, 0) is 12.8 Å². The molecule has 1 saturated heterocycles. The molecule has 3 unspecified atom stereocenters. The maximum atomic E-state index is 10.4. The molecule has 1 aliphatic rings. The lowest BCUT2D eigenvalue weighted by Gasteiger charge is -2.43. The van der Waals surface area contributed by atoms with E-state index in [2.05, 4.69) is 6.92 Å². The van der Waals surface area contributed by atoms with E-state index in [4.69, 9.17) is 10.5 Å². The number of ether oxygens (including phenoxy) is 1. The van der Waals surface area contributed by atoms with Gasteiger partial charge >= 0.3 is 0 Å². The van der Waals surface area contributed by atoms with Crippen LogP contribution in [0, 0.1) is 0 Å². The number of aliphatic hydroxyl groups is 6. The molecule has 0 aliphatic carbocycles. The zero-order valence-electron chi connectivity index (χ0n) is 19.6. The third-order valence-corrected chi connectivity index (χ3v) is 6.36. The van der Waals surface area contributed by atoms with Crippen molar-refractivity contribution in [3.8, 4) is 0 Å². The highest BCUT2D eigenvalue weighted by Gasteiger charge is 2.47. The van der Waals surface area contributed by atoms with Gasteiger partial charge in [-0.15, -0.1) is 0 Å². The quantitative estimate of drug-likeness (QED) is 0.126. The Bertz CT molecular complexity index is 491. The van der Waals surface area contributed by atoms with Crippen LogP contribution in [0.3, 0.4) is 0 Å². The number of rotatable bonds is 17. The monoisotopic (exact) mass is 461 g/mol. The minimum Gasteiger partial charge on any atom is -0.394 e. The van der Waals surface area contributed by atoms with E-state index in [1.165, 1.54) is 63.9 Å². The summed E-state index contributed by atoms with van der Waals surface area (Å²) in [5.74, 6) is 0. The first-order valence-corrected chi connectivity index (χ1v) is 12.4. The van der Waals surface area contributed by atoms with Crippen molar-refractivity contribution in [1.29, 1.82) is 0 Å². The van der Waals surface area contributed by atoms with E-state index < -0.39 is 55.4 Å². The second-order valence-electron chi connectivity index (χ2n) is 9.10. The van der Waals surface area contributed by atoms with Crippen molar-refractivity contribution in [1.82, 2.24) is 0 Å². The molecule has 1 aliphatic heterocycles. The van der Waals surface area contributed by atoms with E-state index >= 15 is 0 Å². The molecule has 0 saturated carbocycles. The van der Waals surface area contributed by atoms with E-state index in [1.807, 2.05) is 6.08 Å². The molecule has 1 fully saturated rings. The predicted octanol–water partition coefficient (Wildman–Crippen LogP) is 1.14. The lowest BCUT2D eigenvalue weighted by atomic mass is 9.88. The SMILES string of the molecule is CCCCCCCCCCCCCC=CC(O)C(N)C(O)[C@@H]1O[C@H](CO)[C@H](O)[C@H](O)[C@H]1O. The highest BCUT2D eigenvalue weighted by Crippen LogP contribution is 2.25. The normalized spacial score (nSPS) is 29.3.